The molecule has 22 heavy (non-hydrogen) atoms. The monoisotopic (exact) mass is 302 g/mol. The molecule has 0 spiro atoms. The molecule has 1 fully saturated rings. The molecule has 5 heteroatoms. The highest BCUT2D eigenvalue weighted by molar-refractivity contribution is 5.54. The van der Waals surface area contributed by atoms with Crippen LogP contribution in [0, 0.1) is 0 Å². The van der Waals surface area contributed by atoms with Crippen molar-refractivity contribution in [2.75, 3.05) is 20.3 Å². The average molecular weight is 302 g/mol. The van der Waals surface area contributed by atoms with Crippen LogP contribution in [0.5, 0.6) is 5.75 Å². The number of morpholine rings is 1. The van der Waals surface area contributed by atoms with Crippen molar-refractivity contribution in [2.45, 2.75) is 32.5 Å². The van der Waals surface area contributed by atoms with E-state index < -0.39 is 0 Å². The van der Waals surface area contributed by atoms with E-state index in [0.717, 1.165) is 36.7 Å². The highest BCUT2D eigenvalue weighted by Gasteiger charge is 2.24. The zero-order valence-corrected chi connectivity index (χ0v) is 13.3. The first-order chi connectivity index (χ1) is 10.7. The molecule has 118 valence electrons. The fourth-order valence-electron chi connectivity index (χ4n) is 2.65. The van der Waals surface area contributed by atoms with Gasteiger partial charge in [0, 0.05) is 24.7 Å². The summed E-state index contributed by atoms with van der Waals surface area (Å²) in [6.07, 6.45) is 2.01. The molecule has 0 bridgehead atoms. The van der Waals surface area contributed by atoms with Gasteiger partial charge >= 0.3 is 0 Å². The van der Waals surface area contributed by atoms with Crippen molar-refractivity contribution < 1.29 is 13.9 Å². The van der Waals surface area contributed by atoms with Crippen molar-refractivity contribution in [3.05, 3.63) is 36.2 Å². The molecule has 0 radical (unpaired) electrons. The molecule has 1 saturated heterocycles. The van der Waals surface area contributed by atoms with Gasteiger partial charge in [-0.15, -0.1) is 0 Å². The molecule has 0 amide bonds. The van der Waals surface area contributed by atoms with Crippen LogP contribution in [0.2, 0.25) is 0 Å². The predicted octanol–water partition coefficient (Wildman–Crippen LogP) is 2.96. The second kappa shape index (κ2) is 6.50. The fourth-order valence-corrected chi connectivity index (χ4v) is 2.65. The molecule has 2 atom stereocenters. The quantitative estimate of drug-likeness (QED) is 0.869. The van der Waals surface area contributed by atoms with Gasteiger partial charge in [-0.05, 0) is 38.1 Å². The Hall–Kier alpha value is -1.85. The first-order valence-electron chi connectivity index (χ1n) is 7.60. The van der Waals surface area contributed by atoms with Crippen molar-refractivity contribution in [3.8, 4) is 17.2 Å². The van der Waals surface area contributed by atoms with Gasteiger partial charge in [0.15, 0.2) is 0 Å². The molecule has 2 aromatic rings. The molecule has 0 N–H and O–H groups in total. The largest absolute Gasteiger partial charge is 0.497 e. The van der Waals surface area contributed by atoms with Gasteiger partial charge in [0.05, 0.1) is 25.5 Å². The van der Waals surface area contributed by atoms with Crippen LogP contribution in [0.1, 0.15) is 19.5 Å². The summed E-state index contributed by atoms with van der Waals surface area (Å²) in [4.78, 5) is 6.98. The van der Waals surface area contributed by atoms with Crippen molar-refractivity contribution in [1.82, 2.24) is 9.88 Å². The molecular weight excluding hydrogens is 280 g/mol. The van der Waals surface area contributed by atoms with Crippen LogP contribution in [-0.2, 0) is 11.3 Å². The molecule has 0 unspecified atom stereocenters. The lowest BCUT2D eigenvalue weighted by molar-refractivity contribution is -0.0530. The van der Waals surface area contributed by atoms with Gasteiger partial charge in [0.1, 0.15) is 12.0 Å². The first kappa shape index (κ1) is 15.1. The lowest BCUT2D eigenvalue weighted by atomic mass is 10.2. The van der Waals surface area contributed by atoms with Gasteiger partial charge in [-0.1, -0.05) is 0 Å². The molecule has 1 aromatic carbocycles. The molecule has 0 saturated carbocycles. The van der Waals surface area contributed by atoms with E-state index in [9.17, 15) is 0 Å². The van der Waals surface area contributed by atoms with Crippen molar-refractivity contribution in [2.24, 2.45) is 0 Å². The Morgan fingerprint density at radius 2 is 2.05 bits per heavy atom. The molecule has 2 heterocycles. The Balaban J connectivity index is 1.70. The van der Waals surface area contributed by atoms with E-state index in [1.54, 1.807) is 13.4 Å². The zero-order valence-electron chi connectivity index (χ0n) is 13.3. The summed E-state index contributed by atoms with van der Waals surface area (Å²) in [5.41, 5.74) is 1.90. The van der Waals surface area contributed by atoms with Gasteiger partial charge < -0.3 is 13.9 Å². The van der Waals surface area contributed by atoms with Crippen LogP contribution in [0.3, 0.4) is 0 Å². The lowest BCUT2D eigenvalue weighted by Gasteiger charge is -2.36. The number of aromatic nitrogens is 1. The van der Waals surface area contributed by atoms with Gasteiger partial charge in [-0.3, -0.25) is 4.90 Å². The minimum atomic E-state index is 0.268. The second-order valence-electron chi connectivity index (χ2n) is 5.79. The van der Waals surface area contributed by atoms with E-state index >= 15 is 0 Å². The van der Waals surface area contributed by atoms with E-state index in [1.165, 1.54) is 0 Å². The number of hydrogen-bond acceptors (Lipinski definition) is 5. The third kappa shape index (κ3) is 3.31. The maximum absolute atomic E-state index is 5.66. The van der Waals surface area contributed by atoms with Crippen LogP contribution >= 0.6 is 0 Å². The third-order valence-electron chi connectivity index (χ3n) is 3.99. The fraction of sp³-hybridized carbons (Fsp3) is 0.471. The highest BCUT2D eigenvalue weighted by atomic mass is 16.5. The number of oxazole rings is 1. The molecule has 1 aromatic heterocycles. The minimum Gasteiger partial charge on any atom is -0.497 e. The van der Waals surface area contributed by atoms with Crippen molar-refractivity contribution in [3.63, 3.8) is 0 Å². The maximum Gasteiger partial charge on any atom is 0.226 e. The Morgan fingerprint density at radius 1 is 1.27 bits per heavy atom. The summed E-state index contributed by atoms with van der Waals surface area (Å²) >= 11 is 0. The number of ether oxygens (including phenoxy) is 2. The second-order valence-corrected chi connectivity index (χ2v) is 5.79. The molecule has 3 rings (SSSR count). The van der Waals surface area contributed by atoms with Crippen LogP contribution < -0.4 is 4.74 Å². The molecule has 5 nitrogen and oxygen atoms in total. The number of benzene rings is 1. The van der Waals surface area contributed by atoms with E-state index in [4.69, 9.17) is 13.9 Å². The summed E-state index contributed by atoms with van der Waals surface area (Å²) < 4.78 is 16.4. The molecule has 0 aliphatic carbocycles. The molecule has 1 aliphatic heterocycles. The van der Waals surface area contributed by atoms with E-state index in [0.29, 0.717) is 11.9 Å². The predicted molar refractivity (Wildman–Crippen MR) is 83.8 cm³/mol. The van der Waals surface area contributed by atoms with Crippen molar-refractivity contribution in [1.29, 1.82) is 0 Å². The van der Waals surface area contributed by atoms with Crippen LogP contribution in [-0.4, -0.2) is 42.3 Å². The summed E-state index contributed by atoms with van der Waals surface area (Å²) in [5.74, 6) is 1.47. The normalized spacial score (nSPS) is 22.7. The van der Waals surface area contributed by atoms with Crippen molar-refractivity contribution >= 4 is 0 Å². The summed E-state index contributed by atoms with van der Waals surface area (Å²) in [7, 11) is 1.66. The standard InChI is InChI=1S/C17H22N2O3/c1-12-10-21-13(2)8-19(12)9-15-11-22-17(18-15)14-4-6-16(20-3)7-5-14/h4-7,11-13H,8-10H2,1-3H3/t12-,13+/m0/s1. The number of nitrogens with zero attached hydrogens (tertiary/aromatic N) is 2. The van der Waals surface area contributed by atoms with E-state index in [1.807, 2.05) is 24.3 Å². The SMILES string of the molecule is COc1ccc(-c2nc(CN3C[C@@H](C)OC[C@@H]3C)co2)cc1. The topological polar surface area (TPSA) is 47.7 Å². The van der Waals surface area contributed by atoms with E-state index in [2.05, 4.69) is 23.7 Å². The minimum absolute atomic E-state index is 0.268. The summed E-state index contributed by atoms with van der Waals surface area (Å²) in [6, 6.07) is 8.12. The Kier molecular flexibility index (Phi) is 4.45. The molecule has 1 aliphatic rings. The van der Waals surface area contributed by atoms with Crippen LogP contribution in [0.4, 0.5) is 0 Å². The number of methoxy groups -OCH3 is 1. The highest BCUT2D eigenvalue weighted by Crippen LogP contribution is 2.23. The number of rotatable bonds is 4. The smallest absolute Gasteiger partial charge is 0.226 e. The molecular formula is C17H22N2O3. The van der Waals surface area contributed by atoms with Crippen LogP contribution in [0.15, 0.2) is 34.9 Å². The van der Waals surface area contributed by atoms with Gasteiger partial charge in [0.2, 0.25) is 5.89 Å². The Bertz CT molecular complexity index is 609. The number of hydrogen-bond donors (Lipinski definition) is 0. The van der Waals surface area contributed by atoms with Gasteiger partial charge in [-0.2, -0.15) is 0 Å². The summed E-state index contributed by atoms with van der Waals surface area (Å²) in [6.45, 7) is 6.76. The Labute approximate surface area is 130 Å². The lowest BCUT2D eigenvalue weighted by Crippen LogP contribution is -2.46. The third-order valence-corrected chi connectivity index (χ3v) is 3.99. The van der Waals surface area contributed by atoms with Gasteiger partial charge in [0.25, 0.3) is 0 Å². The van der Waals surface area contributed by atoms with Gasteiger partial charge in [-0.25, -0.2) is 4.98 Å². The Morgan fingerprint density at radius 3 is 2.77 bits per heavy atom. The zero-order chi connectivity index (χ0) is 15.5. The van der Waals surface area contributed by atoms with E-state index in [-0.39, 0.29) is 6.10 Å². The average Bonchev–Trinajstić information content (AvgIpc) is 2.99. The summed E-state index contributed by atoms with van der Waals surface area (Å²) in [5, 5.41) is 0. The maximum atomic E-state index is 5.66. The first-order valence-corrected chi connectivity index (χ1v) is 7.60. The van der Waals surface area contributed by atoms with Crippen LogP contribution in [0.25, 0.3) is 11.5 Å².